The van der Waals surface area contributed by atoms with Gasteiger partial charge in [-0.15, -0.1) is 0 Å². The van der Waals surface area contributed by atoms with Crippen molar-refractivity contribution in [2.75, 3.05) is 14.2 Å². The molecule has 1 aliphatic heterocycles. The van der Waals surface area contributed by atoms with Crippen LogP contribution in [0.4, 0.5) is 0 Å². The van der Waals surface area contributed by atoms with Crippen molar-refractivity contribution in [1.82, 2.24) is 4.90 Å². The van der Waals surface area contributed by atoms with Gasteiger partial charge in [0.25, 0.3) is 0 Å². The van der Waals surface area contributed by atoms with Gasteiger partial charge >= 0.3 is 11.9 Å². The lowest BCUT2D eigenvalue weighted by molar-refractivity contribution is -0.140. The number of allylic oxidation sites excluding steroid dienone is 1. The van der Waals surface area contributed by atoms with Crippen LogP contribution in [0.25, 0.3) is 0 Å². The van der Waals surface area contributed by atoms with Crippen molar-refractivity contribution in [1.29, 1.82) is 0 Å². The quantitative estimate of drug-likeness (QED) is 0.799. The van der Waals surface area contributed by atoms with Gasteiger partial charge in [-0.3, -0.25) is 0 Å². The number of methoxy groups -OCH3 is 2. The molecule has 0 saturated carbocycles. The highest BCUT2D eigenvalue weighted by molar-refractivity contribution is 6.00. The number of benzene rings is 1. The fourth-order valence-corrected chi connectivity index (χ4v) is 2.37. The molecule has 1 aliphatic rings. The first-order valence-corrected chi connectivity index (χ1v) is 7.04. The summed E-state index contributed by atoms with van der Waals surface area (Å²) >= 11 is 0. The number of nitrogens with zero attached hydrogens (tertiary/aromatic N) is 1. The summed E-state index contributed by atoms with van der Waals surface area (Å²) < 4.78 is 9.67. The van der Waals surface area contributed by atoms with Crippen molar-refractivity contribution in [3.8, 4) is 0 Å². The summed E-state index contributed by atoms with van der Waals surface area (Å²) in [4.78, 5) is 25.9. The van der Waals surface area contributed by atoms with Crippen molar-refractivity contribution in [2.24, 2.45) is 0 Å². The van der Waals surface area contributed by atoms with Gasteiger partial charge in [0.1, 0.15) is 5.70 Å². The third kappa shape index (κ3) is 3.55. The van der Waals surface area contributed by atoms with E-state index >= 15 is 0 Å². The fourth-order valence-electron chi connectivity index (χ4n) is 2.37. The third-order valence-electron chi connectivity index (χ3n) is 3.43. The second-order valence-electron chi connectivity index (χ2n) is 4.85. The Kier molecular flexibility index (Phi) is 5.36. The number of esters is 2. The molecule has 0 N–H and O–H groups in total. The van der Waals surface area contributed by atoms with E-state index in [2.05, 4.69) is 0 Å². The van der Waals surface area contributed by atoms with Crippen molar-refractivity contribution >= 4 is 11.9 Å². The number of rotatable bonds is 4. The first-order chi connectivity index (χ1) is 10.7. The third-order valence-corrected chi connectivity index (χ3v) is 3.43. The SMILES string of the molecule is COC(=O)C1=C(C(=O)OC)N(Cc2ccccc2)C=CCC1. The summed E-state index contributed by atoms with van der Waals surface area (Å²) in [7, 11) is 2.61. The highest BCUT2D eigenvalue weighted by Crippen LogP contribution is 2.24. The zero-order chi connectivity index (χ0) is 15.9. The zero-order valence-corrected chi connectivity index (χ0v) is 12.7. The molecule has 1 aromatic carbocycles. The van der Waals surface area contributed by atoms with Gasteiger partial charge in [-0.25, -0.2) is 9.59 Å². The maximum Gasteiger partial charge on any atom is 0.355 e. The van der Waals surface area contributed by atoms with Crippen molar-refractivity contribution in [3.05, 3.63) is 59.4 Å². The minimum atomic E-state index is -0.539. The lowest BCUT2D eigenvalue weighted by Crippen LogP contribution is -2.27. The molecule has 2 rings (SSSR count). The van der Waals surface area contributed by atoms with Gasteiger partial charge in [-0.1, -0.05) is 36.4 Å². The van der Waals surface area contributed by atoms with E-state index in [1.807, 2.05) is 42.6 Å². The number of hydrogen-bond donors (Lipinski definition) is 0. The number of ether oxygens (including phenoxy) is 2. The Balaban J connectivity index is 2.42. The van der Waals surface area contributed by atoms with E-state index in [4.69, 9.17) is 9.47 Å². The summed E-state index contributed by atoms with van der Waals surface area (Å²) in [5.41, 5.74) is 1.61. The molecule has 0 aromatic heterocycles. The first kappa shape index (κ1) is 15.8. The Hall–Kier alpha value is -2.56. The van der Waals surface area contributed by atoms with Crippen LogP contribution in [0.15, 0.2) is 53.9 Å². The molecule has 0 radical (unpaired) electrons. The van der Waals surface area contributed by atoms with Crippen LogP contribution in [0.2, 0.25) is 0 Å². The monoisotopic (exact) mass is 301 g/mol. The van der Waals surface area contributed by atoms with Crippen LogP contribution >= 0.6 is 0 Å². The molecular formula is C17H19NO4. The standard InChI is InChI=1S/C17H19NO4/c1-21-16(19)14-10-6-7-11-18(15(14)17(20)22-2)12-13-8-4-3-5-9-13/h3-5,7-9,11H,6,10,12H2,1-2H3. The molecule has 1 aromatic rings. The minimum Gasteiger partial charge on any atom is -0.466 e. The second kappa shape index (κ2) is 7.45. The summed E-state index contributed by atoms with van der Waals surface area (Å²) in [6.07, 6.45) is 4.85. The van der Waals surface area contributed by atoms with Crippen LogP contribution in [0.5, 0.6) is 0 Å². The summed E-state index contributed by atoms with van der Waals surface area (Å²) in [5, 5.41) is 0. The van der Waals surface area contributed by atoms with Crippen LogP contribution in [-0.4, -0.2) is 31.1 Å². The highest BCUT2D eigenvalue weighted by Gasteiger charge is 2.27. The average Bonchev–Trinajstić information content (AvgIpc) is 2.77. The zero-order valence-electron chi connectivity index (χ0n) is 12.7. The van der Waals surface area contributed by atoms with Crippen LogP contribution in [0.3, 0.4) is 0 Å². The second-order valence-corrected chi connectivity index (χ2v) is 4.85. The Morgan fingerprint density at radius 3 is 2.41 bits per heavy atom. The van der Waals surface area contributed by atoms with E-state index in [9.17, 15) is 9.59 Å². The Morgan fingerprint density at radius 1 is 1.09 bits per heavy atom. The fraction of sp³-hybridized carbons (Fsp3) is 0.294. The molecule has 0 amide bonds. The van der Waals surface area contributed by atoms with Crippen LogP contribution < -0.4 is 0 Å². The molecule has 5 nitrogen and oxygen atoms in total. The van der Waals surface area contributed by atoms with E-state index in [0.717, 1.165) is 5.56 Å². The van der Waals surface area contributed by atoms with E-state index in [1.54, 1.807) is 4.90 Å². The molecule has 0 aliphatic carbocycles. The van der Waals surface area contributed by atoms with Crippen molar-refractivity contribution < 1.29 is 19.1 Å². The molecule has 0 fully saturated rings. The largest absolute Gasteiger partial charge is 0.466 e. The van der Waals surface area contributed by atoms with E-state index in [0.29, 0.717) is 25.0 Å². The maximum atomic E-state index is 12.2. The number of carbonyl (C=O) groups is 2. The van der Waals surface area contributed by atoms with Gasteiger partial charge < -0.3 is 14.4 Å². The first-order valence-electron chi connectivity index (χ1n) is 7.04. The smallest absolute Gasteiger partial charge is 0.355 e. The van der Waals surface area contributed by atoms with Gasteiger partial charge in [0.05, 0.1) is 19.8 Å². The van der Waals surface area contributed by atoms with Gasteiger partial charge in [-0.2, -0.15) is 0 Å². The normalized spacial score (nSPS) is 14.5. The Labute approximate surface area is 129 Å². The Morgan fingerprint density at radius 2 is 1.77 bits per heavy atom. The summed E-state index contributed by atoms with van der Waals surface area (Å²) in [6.45, 7) is 0.474. The molecule has 0 saturated heterocycles. The molecule has 0 atom stereocenters. The van der Waals surface area contributed by atoms with Crippen LogP contribution in [0, 0.1) is 0 Å². The molecule has 0 bridgehead atoms. The molecule has 0 unspecified atom stereocenters. The topological polar surface area (TPSA) is 55.8 Å². The van der Waals surface area contributed by atoms with Gasteiger partial charge in [0.15, 0.2) is 0 Å². The highest BCUT2D eigenvalue weighted by atomic mass is 16.5. The van der Waals surface area contributed by atoms with E-state index in [-0.39, 0.29) is 5.70 Å². The lowest BCUT2D eigenvalue weighted by Gasteiger charge is -2.23. The molecular weight excluding hydrogens is 282 g/mol. The molecule has 1 heterocycles. The summed E-state index contributed by atoms with van der Waals surface area (Å²) in [5.74, 6) is -1.04. The minimum absolute atomic E-state index is 0.243. The van der Waals surface area contributed by atoms with Gasteiger partial charge in [-0.05, 0) is 18.4 Å². The van der Waals surface area contributed by atoms with Crippen LogP contribution in [0.1, 0.15) is 18.4 Å². The van der Waals surface area contributed by atoms with Crippen LogP contribution in [-0.2, 0) is 25.6 Å². The number of carbonyl (C=O) groups excluding carboxylic acids is 2. The maximum absolute atomic E-state index is 12.2. The number of hydrogen-bond acceptors (Lipinski definition) is 5. The van der Waals surface area contributed by atoms with Gasteiger partial charge in [0, 0.05) is 12.7 Å². The van der Waals surface area contributed by atoms with E-state index < -0.39 is 11.9 Å². The molecule has 0 spiro atoms. The van der Waals surface area contributed by atoms with Gasteiger partial charge in [0.2, 0.25) is 0 Å². The van der Waals surface area contributed by atoms with Crippen molar-refractivity contribution in [2.45, 2.75) is 19.4 Å². The lowest BCUT2D eigenvalue weighted by atomic mass is 10.1. The van der Waals surface area contributed by atoms with E-state index in [1.165, 1.54) is 14.2 Å². The molecule has 22 heavy (non-hydrogen) atoms. The Bertz CT molecular complexity index is 604. The molecule has 5 heteroatoms. The molecule has 116 valence electrons. The summed E-state index contributed by atoms with van der Waals surface area (Å²) in [6, 6.07) is 9.72. The average molecular weight is 301 g/mol. The predicted molar refractivity (Wildman–Crippen MR) is 81.4 cm³/mol. The van der Waals surface area contributed by atoms with Crippen molar-refractivity contribution in [3.63, 3.8) is 0 Å². The predicted octanol–water partition coefficient (Wildman–Crippen LogP) is 2.40.